The first-order valence-electron chi connectivity index (χ1n) is 9.21. The number of nitrogens with zero attached hydrogens (tertiary/aromatic N) is 1. The molecular formula is C21H23NO6. The molecule has 0 bridgehead atoms. The molecule has 0 amide bonds. The number of aliphatic carboxylic acids is 1. The van der Waals surface area contributed by atoms with Gasteiger partial charge in [0.25, 0.3) is 0 Å². The molecule has 0 aromatic heterocycles. The number of hydrogen-bond donors (Lipinski definition) is 1. The lowest BCUT2D eigenvalue weighted by Gasteiger charge is -2.34. The van der Waals surface area contributed by atoms with Crippen molar-refractivity contribution in [3.63, 3.8) is 0 Å². The predicted molar refractivity (Wildman–Crippen MR) is 101 cm³/mol. The van der Waals surface area contributed by atoms with Gasteiger partial charge in [-0.05, 0) is 47.4 Å². The van der Waals surface area contributed by atoms with Crippen LogP contribution in [0.1, 0.15) is 22.7 Å². The molecule has 148 valence electrons. The number of ether oxygens (including phenoxy) is 4. The Morgan fingerprint density at radius 3 is 2.39 bits per heavy atom. The number of carboxylic acids is 1. The van der Waals surface area contributed by atoms with Gasteiger partial charge in [-0.1, -0.05) is 6.07 Å². The highest BCUT2D eigenvalue weighted by molar-refractivity contribution is 5.76. The van der Waals surface area contributed by atoms with Crippen molar-refractivity contribution in [3.05, 3.63) is 47.0 Å². The monoisotopic (exact) mass is 385 g/mol. The Labute approximate surface area is 163 Å². The molecule has 0 fully saturated rings. The summed E-state index contributed by atoms with van der Waals surface area (Å²) in [6.45, 7) is 2.12. The van der Waals surface area contributed by atoms with Crippen LogP contribution in [0.4, 0.5) is 0 Å². The van der Waals surface area contributed by atoms with E-state index in [9.17, 15) is 9.90 Å². The van der Waals surface area contributed by atoms with Crippen LogP contribution in [-0.2, 0) is 17.8 Å². The van der Waals surface area contributed by atoms with Crippen LogP contribution in [0.5, 0.6) is 23.0 Å². The minimum absolute atomic E-state index is 0.465. The first kappa shape index (κ1) is 18.4. The summed E-state index contributed by atoms with van der Waals surface area (Å²) >= 11 is 0. The molecule has 0 saturated carbocycles. The quantitative estimate of drug-likeness (QED) is 0.848. The number of hydrogen-bond acceptors (Lipinski definition) is 6. The van der Waals surface area contributed by atoms with Gasteiger partial charge in [0, 0.05) is 13.1 Å². The van der Waals surface area contributed by atoms with Gasteiger partial charge in [0.2, 0.25) is 0 Å². The molecule has 2 heterocycles. The number of rotatable bonds is 5. The lowest BCUT2D eigenvalue weighted by Crippen LogP contribution is -2.38. The third-order valence-electron chi connectivity index (χ3n) is 5.23. The van der Waals surface area contributed by atoms with Gasteiger partial charge in [-0.2, -0.15) is 0 Å². The van der Waals surface area contributed by atoms with Crippen molar-refractivity contribution in [1.82, 2.24) is 4.90 Å². The van der Waals surface area contributed by atoms with Crippen LogP contribution < -0.4 is 18.9 Å². The molecule has 2 aliphatic heterocycles. The summed E-state index contributed by atoms with van der Waals surface area (Å²) in [5, 5.41) is 9.96. The number of carbonyl (C=O) groups is 1. The number of carboxylic acid groups (broad SMARTS) is 1. The van der Waals surface area contributed by atoms with Crippen LogP contribution in [0.15, 0.2) is 30.3 Å². The Balaban J connectivity index is 1.64. The smallest absolute Gasteiger partial charge is 0.325 e. The zero-order chi connectivity index (χ0) is 19.7. The molecule has 2 aromatic rings. The molecule has 2 aromatic carbocycles. The maximum Gasteiger partial charge on any atom is 0.325 e. The molecule has 1 N–H and O–H groups in total. The van der Waals surface area contributed by atoms with Crippen molar-refractivity contribution in [2.24, 2.45) is 0 Å². The second-order valence-electron chi connectivity index (χ2n) is 6.84. The minimum atomic E-state index is -0.888. The third-order valence-corrected chi connectivity index (χ3v) is 5.23. The van der Waals surface area contributed by atoms with Gasteiger partial charge in [-0.25, -0.2) is 0 Å². The summed E-state index contributed by atoms with van der Waals surface area (Å²) in [4.78, 5) is 14.1. The van der Waals surface area contributed by atoms with E-state index in [0.717, 1.165) is 17.5 Å². The molecule has 4 rings (SSSR count). The average molecular weight is 385 g/mol. The van der Waals surface area contributed by atoms with Crippen LogP contribution in [0.25, 0.3) is 0 Å². The topological polar surface area (TPSA) is 77.5 Å². The molecule has 1 atom stereocenters. The maximum absolute atomic E-state index is 12.1. The zero-order valence-electron chi connectivity index (χ0n) is 15.9. The van der Waals surface area contributed by atoms with Gasteiger partial charge in [-0.15, -0.1) is 0 Å². The van der Waals surface area contributed by atoms with Gasteiger partial charge in [0.05, 0.1) is 14.2 Å². The number of benzene rings is 2. The Kier molecular flexibility index (Phi) is 5.00. The Morgan fingerprint density at radius 1 is 1.04 bits per heavy atom. The second kappa shape index (κ2) is 7.59. The van der Waals surface area contributed by atoms with Crippen molar-refractivity contribution < 1.29 is 28.8 Å². The molecule has 2 aliphatic rings. The van der Waals surface area contributed by atoms with Gasteiger partial charge < -0.3 is 24.1 Å². The zero-order valence-corrected chi connectivity index (χ0v) is 15.9. The average Bonchev–Trinajstić information content (AvgIpc) is 2.72. The normalized spacial score (nSPS) is 16.8. The van der Waals surface area contributed by atoms with E-state index in [1.54, 1.807) is 32.4 Å². The predicted octanol–water partition coefficient (Wildman–Crippen LogP) is 2.66. The number of fused-ring (bicyclic) bond motifs is 2. The molecule has 0 radical (unpaired) electrons. The highest BCUT2D eigenvalue weighted by atomic mass is 16.6. The van der Waals surface area contributed by atoms with E-state index >= 15 is 0 Å². The number of methoxy groups -OCH3 is 2. The molecule has 0 saturated heterocycles. The van der Waals surface area contributed by atoms with Crippen molar-refractivity contribution >= 4 is 5.97 Å². The first-order valence-corrected chi connectivity index (χ1v) is 9.21. The van der Waals surface area contributed by atoms with Crippen molar-refractivity contribution in [1.29, 1.82) is 0 Å². The second-order valence-corrected chi connectivity index (χ2v) is 6.84. The SMILES string of the molecule is COc1cc2c(cc1OC)CN(C(C(=O)O)c1ccc3c(c1)OCCO3)CC2. The molecule has 1 unspecified atom stereocenters. The van der Waals surface area contributed by atoms with E-state index in [0.29, 0.717) is 54.9 Å². The fourth-order valence-corrected chi connectivity index (χ4v) is 3.87. The summed E-state index contributed by atoms with van der Waals surface area (Å²) in [5.41, 5.74) is 2.88. The summed E-state index contributed by atoms with van der Waals surface area (Å²) in [6.07, 6.45) is 0.740. The lowest BCUT2D eigenvalue weighted by atomic mass is 9.95. The fourth-order valence-electron chi connectivity index (χ4n) is 3.87. The molecule has 0 spiro atoms. The lowest BCUT2D eigenvalue weighted by molar-refractivity contribution is -0.144. The first-order chi connectivity index (χ1) is 13.6. The van der Waals surface area contributed by atoms with Gasteiger partial charge >= 0.3 is 5.97 Å². The molecule has 7 heteroatoms. The highest BCUT2D eigenvalue weighted by Gasteiger charge is 2.32. The summed E-state index contributed by atoms with van der Waals surface area (Å²) in [7, 11) is 3.21. The Hall–Kier alpha value is -2.93. The largest absolute Gasteiger partial charge is 0.493 e. The van der Waals surface area contributed by atoms with E-state index in [1.165, 1.54) is 0 Å². The summed E-state index contributed by atoms with van der Waals surface area (Å²) < 4.78 is 22.0. The van der Waals surface area contributed by atoms with Crippen LogP contribution in [0.2, 0.25) is 0 Å². The van der Waals surface area contributed by atoms with E-state index < -0.39 is 12.0 Å². The maximum atomic E-state index is 12.1. The van der Waals surface area contributed by atoms with E-state index in [-0.39, 0.29) is 0 Å². The van der Waals surface area contributed by atoms with Gasteiger partial charge in [-0.3, -0.25) is 9.69 Å². The summed E-state index contributed by atoms with van der Waals surface area (Å²) in [6, 6.07) is 8.51. The van der Waals surface area contributed by atoms with Crippen LogP contribution in [-0.4, -0.2) is 50.0 Å². The van der Waals surface area contributed by atoms with E-state index in [4.69, 9.17) is 18.9 Å². The van der Waals surface area contributed by atoms with Crippen LogP contribution >= 0.6 is 0 Å². The minimum Gasteiger partial charge on any atom is -0.493 e. The third kappa shape index (κ3) is 3.33. The molecule has 0 aliphatic carbocycles. The fraction of sp³-hybridized carbons (Fsp3) is 0.381. The van der Waals surface area contributed by atoms with Crippen molar-refractivity contribution in [2.45, 2.75) is 19.0 Å². The Bertz CT molecular complexity index is 897. The molecular weight excluding hydrogens is 362 g/mol. The highest BCUT2D eigenvalue weighted by Crippen LogP contribution is 2.38. The van der Waals surface area contributed by atoms with Gasteiger partial charge in [0.1, 0.15) is 19.3 Å². The van der Waals surface area contributed by atoms with Crippen LogP contribution in [0, 0.1) is 0 Å². The Morgan fingerprint density at radius 2 is 1.71 bits per heavy atom. The van der Waals surface area contributed by atoms with E-state index in [2.05, 4.69) is 0 Å². The molecule has 28 heavy (non-hydrogen) atoms. The standard InChI is InChI=1S/C21H23NO6/c1-25-17-9-13-5-6-22(12-15(13)11-18(17)26-2)20(21(23)24)14-3-4-16-19(10-14)28-8-7-27-16/h3-4,9-11,20H,5-8,12H2,1-2H3,(H,23,24). The van der Waals surface area contributed by atoms with Crippen molar-refractivity contribution in [2.75, 3.05) is 34.0 Å². The van der Waals surface area contributed by atoms with Gasteiger partial charge in [0.15, 0.2) is 23.0 Å². The van der Waals surface area contributed by atoms with Crippen LogP contribution in [0.3, 0.4) is 0 Å². The summed E-state index contributed by atoms with van der Waals surface area (Å²) in [5.74, 6) is 1.70. The van der Waals surface area contributed by atoms with E-state index in [1.807, 2.05) is 17.0 Å². The molecule has 7 nitrogen and oxygen atoms in total. The van der Waals surface area contributed by atoms with Crippen molar-refractivity contribution in [3.8, 4) is 23.0 Å².